The molecule has 186 valence electrons. The second kappa shape index (κ2) is 10.8. The molecular weight excluding hydrogens is 454 g/mol. The number of hydrogen-bond donors (Lipinski definition) is 1. The third-order valence-corrected chi connectivity index (χ3v) is 6.86. The van der Waals surface area contributed by atoms with Crippen LogP contribution in [0.2, 0.25) is 0 Å². The molecule has 1 aromatic heterocycles. The number of carbonyl (C=O) groups excluding carboxylic acids is 1. The van der Waals surface area contributed by atoms with Crippen LogP contribution in [-0.4, -0.2) is 49.8 Å². The van der Waals surface area contributed by atoms with Gasteiger partial charge >= 0.3 is 0 Å². The molecule has 0 saturated carbocycles. The third kappa shape index (κ3) is 5.06. The number of aromatic nitrogens is 1. The van der Waals surface area contributed by atoms with Gasteiger partial charge in [0.1, 0.15) is 0 Å². The van der Waals surface area contributed by atoms with Gasteiger partial charge in [-0.15, -0.1) is 0 Å². The van der Waals surface area contributed by atoms with Crippen LogP contribution >= 0.6 is 0 Å². The Bertz CT molecular complexity index is 1340. The Morgan fingerprint density at radius 1 is 0.944 bits per heavy atom. The number of carbonyl (C=O) groups is 1. The SMILES string of the molecule is COc1ccc(C(CNC(=O)c2cc(-c3ccc4ccccc4c3)on2)N2CCCCC2)cc1OC. The fourth-order valence-electron chi connectivity index (χ4n) is 4.89. The summed E-state index contributed by atoms with van der Waals surface area (Å²) in [5.74, 6) is 1.68. The van der Waals surface area contributed by atoms with Gasteiger partial charge in [0, 0.05) is 18.2 Å². The predicted octanol–water partition coefficient (Wildman–Crippen LogP) is 5.47. The Labute approximate surface area is 211 Å². The lowest BCUT2D eigenvalue weighted by atomic mass is 10.0. The van der Waals surface area contributed by atoms with E-state index in [1.165, 1.54) is 6.42 Å². The molecule has 7 nitrogen and oxygen atoms in total. The highest BCUT2D eigenvalue weighted by atomic mass is 16.5. The van der Waals surface area contributed by atoms with E-state index in [2.05, 4.69) is 27.5 Å². The highest BCUT2D eigenvalue weighted by molar-refractivity contribution is 5.93. The van der Waals surface area contributed by atoms with E-state index in [1.54, 1.807) is 20.3 Å². The first-order valence-corrected chi connectivity index (χ1v) is 12.4. The molecule has 1 atom stereocenters. The molecule has 36 heavy (non-hydrogen) atoms. The Balaban J connectivity index is 1.33. The van der Waals surface area contributed by atoms with Crippen molar-refractivity contribution in [2.24, 2.45) is 0 Å². The summed E-state index contributed by atoms with van der Waals surface area (Å²) in [5, 5.41) is 9.39. The van der Waals surface area contributed by atoms with Crippen LogP contribution < -0.4 is 14.8 Å². The van der Waals surface area contributed by atoms with Crippen LogP contribution in [0, 0.1) is 0 Å². The van der Waals surface area contributed by atoms with Crippen molar-refractivity contribution in [2.45, 2.75) is 25.3 Å². The van der Waals surface area contributed by atoms with Crippen LogP contribution in [0.5, 0.6) is 11.5 Å². The van der Waals surface area contributed by atoms with E-state index in [9.17, 15) is 4.79 Å². The molecule has 7 heteroatoms. The van der Waals surface area contributed by atoms with Gasteiger partial charge in [-0.25, -0.2) is 0 Å². The van der Waals surface area contributed by atoms with Gasteiger partial charge < -0.3 is 19.3 Å². The lowest BCUT2D eigenvalue weighted by Gasteiger charge is -2.35. The average Bonchev–Trinajstić information content (AvgIpc) is 3.44. The molecule has 0 spiro atoms. The molecule has 1 N–H and O–H groups in total. The lowest BCUT2D eigenvalue weighted by Crippen LogP contribution is -2.40. The molecule has 4 aromatic rings. The van der Waals surface area contributed by atoms with Crippen molar-refractivity contribution in [2.75, 3.05) is 33.9 Å². The molecule has 1 aliphatic heterocycles. The first-order chi connectivity index (χ1) is 17.7. The number of methoxy groups -OCH3 is 2. The molecule has 1 amide bonds. The fourth-order valence-corrected chi connectivity index (χ4v) is 4.89. The van der Waals surface area contributed by atoms with Crippen LogP contribution in [0.25, 0.3) is 22.1 Å². The summed E-state index contributed by atoms with van der Waals surface area (Å²) in [4.78, 5) is 15.5. The van der Waals surface area contributed by atoms with Crippen molar-refractivity contribution in [3.63, 3.8) is 0 Å². The minimum Gasteiger partial charge on any atom is -0.493 e. The van der Waals surface area contributed by atoms with Crippen molar-refractivity contribution in [3.8, 4) is 22.8 Å². The van der Waals surface area contributed by atoms with Crippen LogP contribution in [0.1, 0.15) is 41.4 Å². The minimum absolute atomic E-state index is 0.0147. The van der Waals surface area contributed by atoms with Gasteiger partial charge in [-0.2, -0.15) is 0 Å². The lowest BCUT2D eigenvalue weighted by molar-refractivity contribution is 0.0915. The molecule has 1 fully saturated rings. The molecular formula is C29H31N3O4. The Morgan fingerprint density at radius 2 is 1.72 bits per heavy atom. The number of rotatable bonds is 8. The Hall–Kier alpha value is -3.84. The summed E-state index contributed by atoms with van der Waals surface area (Å²) in [6.07, 6.45) is 3.53. The zero-order valence-corrected chi connectivity index (χ0v) is 20.7. The molecule has 0 bridgehead atoms. The van der Waals surface area contributed by atoms with Crippen molar-refractivity contribution in [1.29, 1.82) is 0 Å². The maximum atomic E-state index is 13.0. The highest BCUT2D eigenvalue weighted by Gasteiger charge is 2.25. The molecule has 0 aliphatic carbocycles. The number of nitrogens with one attached hydrogen (secondary N) is 1. The summed E-state index contributed by atoms with van der Waals surface area (Å²) in [7, 11) is 3.26. The van der Waals surface area contributed by atoms with Gasteiger partial charge in [0.2, 0.25) is 0 Å². The molecule has 0 radical (unpaired) electrons. The van der Waals surface area contributed by atoms with Gasteiger partial charge in [-0.05, 0) is 60.5 Å². The van der Waals surface area contributed by atoms with E-state index in [0.29, 0.717) is 23.8 Å². The zero-order chi connectivity index (χ0) is 24.9. The number of hydrogen-bond acceptors (Lipinski definition) is 6. The van der Waals surface area contributed by atoms with Gasteiger partial charge in [-0.3, -0.25) is 9.69 Å². The smallest absolute Gasteiger partial charge is 0.273 e. The quantitative estimate of drug-likeness (QED) is 0.357. The molecule has 1 unspecified atom stereocenters. The van der Waals surface area contributed by atoms with Crippen molar-refractivity contribution < 1.29 is 18.8 Å². The number of amides is 1. The van der Waals surface area contributed by atoms with Crippen molar-refractivity contribution in [3.05, 3.63) is 78.0 Å². The topological polar surface area (TPSA) is 76.8 Å². The molecule has 2 heterocycles. The Kier molecular flexibility index (Phi) is 7.18. The van der Waals surface area contributed by atoms with Crippen LogP contribution in [-0.2, 0) is 0 Å². The molecule has 1 saturated heterocycles. The van der Waals surface area contributed by atoms with Crippen LogP contribution in [0.3, 0.4) is 0 Å². The number of piperidine rings is 1. The molecule has 1 aliphatic rings. The van der Waals surface area contributed by atoms with E-state index >= 15 is 0 Å². The fraction of sp³-hybridized carbons (Fsp3) is 0.310. The van der Waals surface area contributed by atoms with E-state index in [0.717, 1.165) is 47.8 Å². The third-order valence-electron chi connectivity index (χ3n) is 6.86. The van der Waals surface area contributed by atoms with Gasteiger partial charge in [0.25, 0.3) is 5.91 Å². The average molecular weight is 486 g/mol. The second-order valence-corrected chi connectivity index (χ2v) is 9.08. The zero-order valence-electron chi connectivity index (χ0n) is 20.7. The number of benzene rings is 3. The number of fused-ring (bicyclic) bond motifs is 1. The second-order valence-electron chi connectivity index (χ2n) is 9.08. The Morgan fingerprint density at radius 3 is 2.50 bits per heavy atom. The van der Waals surface area contributed by atoms with E-state index in [4.69, 9.17) is 14.0 Å². The number of nitrogens with zero attached hydrogens (tertiary/aromatic N) is 2. The summed E-state index contributed by atoms with van der Waals surface area (Å²) in [6, 6.07) is 21.9. The number of likely N-dealkylation sites (tertiary alicyclic amines) is 1. The number of ether oxygens (including phenoxy) is 2. The van der Waals surface area contributed by atoms with E-state index < -0.39 is 0 Å². The first-order valence-electron chi connectivity index (χ1n) is 12.4. The first kappa shape index (κ1) is 23.9. The summed E-state index contributed by atoms with van der Waals surface area (Å²) in [6.45, 7) is 2.43. The standard InChI is InChI=1S/C29H31N3O4/c1-34-26-13-12-22(17-28(26)35-2)25(32-14-6-3-7-15-32)19-30-29(33)24-18-27(36-31-24)23-11-10-20-8-4-5-9-21(20)16-23/h4-5,8-13,16-18,25H,3,6-7,14-15,19H2,1-2H3,(H,30,33). The normalized spacial score (nSPS) is 14.9. The minimum atomic E-state index is -0.256. The maximum Gasteiger partial charge on any atom is 0.273 e. The van der Waals surface area contributed by atoms with Gasteiger partial charge in [-0.1, -0.05) is 54.0 Å². The van der Waals surface area contributed by atoms with Gasteiger partial charge in [0.15, 0.2) is 23.0 Å². The van der Waals surface area contributed by atoms with Crippen molar-refractivity contribution >= 4 is 16.7 Å². The van der Waals surface area contributed by atoms with E-state index in [-0.39, 0.29) is 17.6 Å². The highest BCUT2D eigenvalue weighted by Crippen LogP contribution is 2.33. The predicted molar refractivity (Wildman–Crippen MR) is 139 cm³/mol. The molecule has 3 aromatic carbocycles. The van der Waals surface area contributed by atoms with Crippen LogP contribution in [0.4, 0.5) is 0 Å². The van der Waals surface area contributed by atoms with Crippen LogP contribution in [0.15, 0.2) is 71.3 Å². The maximum absolute atomic E-state index is 13.0. The monoisotopic (exact) mass is 485 g/mol. The summed E-state index contributed by atoms with van der Waals surface area (Å²) in [5.41, 5.74) is 2.23. The largest absolute Gasteiger partial charge is 0.493 e. The molecule has 5 rings (SSSR count). The van der Waals surface area contributed by atoms with E-state index in [1.807, 2.05) is 48.5 Å². The van der Waals surface area contributed by atoms with Gasteiger partial charge in [0.05, 0.1) is 20.3 Å². The summed E-state index contributed by atoms with van der Waals surface area (Å²) >= 11 is 0. The van der Waals surface area contributed by atoms with Crippen molar-refractivity contribution in [1.82, 2.24) is 15.4 Å². The summed E-state index contributed by atoms with van der Waals surface area (Å²) < 4.78 is 16.5.